The van der Waals surface area contributed by atoms with Crippen LogP contribution in [0, 0.1) is 6.92 Å². The number of fused-ring (bicyclic) bond motifs is 1. The first-order valence-corrected chi connectivity index (χ1v) is 13.6. The molecule has 0 saturated carbocycles. The minimum Gasteiger partial charge on any atom is -0.357 e. The summed E-state index contributed by atoms with van der Waals surface area (Å²) in [4.78, 5) is 29.8. The molecule has 1 amide bonds. The number of carbonyl (C=O) groups excluding carboxylic acids is 2. The summed E-state index contributed by atoms with van der Waals surface area (Å²) in [5.41, 5.74) is 6.28. The summed E-state index contributed by atoms with van der Waals surface area (Å²) in [7, 11) is 0. The van der Waals surface area contributed by atoms with Crippen LogP contribution in [0.25, 0.3) is 0 Å². The summed E-state index contributed by atoms with van der Waals surface area (Å²) < 4.78 is 0. The number of nitrogens with zero attached hydrogens (tertiary/aromatic N) is 1. The van der Waals surface area contributed by atoms with Gasteiger partial charge in [0.1, 0.15) is 0 Å². The molecule has 4 nitrogen and oxygen atoms in total. The highest BCUT2D eigenvalue weighted by Gasteiger charge is 2.42. The summed E-state index contributed by atoms with van der Waals surface area (Å²) >= 11 is 6.76. The van der Waals surface area contributed by atoms with Crippen molar-refractivity contribution in [3.63, 3.8) is 0 Å². The number of rotatable bonds is 6. The largest absolute Gasteiger partial charge is 0.357 e. The number of hydrogen-bond acceptors (Lipinski definition) is 3. The van der Waals surface area contributed by atoms with Gasteiger partial charge in [0.25, 0.3) is 0 Å². The van der Waals surface area contributed by atoms with Crippen molar-refractivity contribution in [2.24, 2.45) is 0 Å². The number of hydrogen-bond donors (Lipinski definition) is 1. The highest BCUT2D eigenvalue weighted by Crippen LogP contribution is 2.48. The molecular formula is C32H33ClN2O2. The van der Waals surface area contributed by atoms with E-state index in [-0.39, 0.29) is 17.6 Å². The number of para-hydroxylation sites is 2. The van der Waals surface area contributed by atoms with E-state index in [1.165, 1.54) is 5.56 Å². The van der Waals surface area contributed by atoms with Crippen LogP contribution in [0.5, 0.6) is 0 Å². The molecule has 0 aromatic heterocycles. The van der Waals surface area contributed by atoms with E-state index >= 15 is 0 Å². The van der Waals surface area contributed by atoms with Crippen molar-refractivity contribution in [1.82, 2.24) is 0 Å². The summed E-state index contributed by atoms with van der Waals surface area (Å²) in [5.74, 6) is 0.142. The molecule has 0 saturated heterocycles. The lowest BCUT2D eigenvalue weighted by molar-refractivity contribution is -0.119. The van der Waals surface area contributed by atoms with Crippen LogP contribution in [0.4, 0.5) is 11.4 Å². The molecule has 190 valence electrons. The molecule has 0 radical (unpaired) electrons. The lowest BCUT2D eigenvalue weighted by atomic mass is 9.78. The first-order valence-electron chi connectivity index (χ1n) is 13.2. The van der Waals surface area contributed by atoms with Crippen molar-refractivity contribution >= 4 is 34.7 Å². The summed E-state index contributed by atoms with van der Waals surface area (Å²) in [5, 5.41) is 4.15. The van der Waals surface area contributed by atoms with E-state index < -0.39 is 6.04 Å². The minimum absolute atomic E-state index is 0.00910. The Morgan fingerprint density at radius 3 is 2.46 bits per heavy atom. The average Bonchev–Trinajstić information content (AvgIpc) is 3.04. The van der Waals surface area contributed by atoms with E-state index in [1.807, 2.05) is 53.4 Å². The Morgan fingerprint density at radius 1 is 0.973 bits per heavy atom. The Hall–Kier alpha value is -3.37. The monoisotopic (exact) mass is 512 g/mol. The van der Waals surface area contributed by atoms with Gasteiger partial charge in [-0.05, 0) is 55.0 Å². The molecule has 37 heavy (non-hydrogen) atoms. The normalized spacial score (nSPS) is 19.1. The number of halogens is 1. The maximum absolute atomic E-state index is 14.0. The SMILES string of the molecule is CCCCCC(=O)N1c2ccccc2NC2=C(C(=O)C[C@H](c3ccc(C)cc3)C2)[C@H]1c1ccccc1Cl. The summed E-state index contributed by atoms with van der Waals surface area (Å²) in [6.45, 7) is 4.20. The van der Waals surface area contributed by atoms with Crippen LogP contribution in [0.15, 0.2) is 84.1 Å². The van der Waals surface area contributed by atoms with Crippen LogP contribution in [-0.2, 0) is 9.59 Å². The van der Waals surface area contributed by atoms with Gasteiger partial charge in [-0.25, -0.2) is 0 Å². The van der Waals surface area contributed by atoms with Crippen LogP contribution in [0.2, 0.25) is 5.02 Å². The van der Waals surface area contributed by atoms with E-state index in [0.717, 1.165) is 47.5 Å². The minimum atomic E-state index is -0.583. The molecular weight excluding hydrogens is 480 g/mol. The van der Waals surface area contributed by atoms with E-state index in [4.69, 9.17) is 11.6 Å². The molecule has 0 spiro atoms. The summed E-state index contributed by atoms with van der Waals surface area (Å²) in [6.07, 6.45) is 4.35. The number of amides is 1. The number of ketones is 1. The van der Waals surface area contributed by atoms with Gasteiger partial charge in [0, 0.05) is 29.1 Å². The smallest absolute Gasteiger partial charge is 0.227 e. The topological polar surface area (TPSA) is 49.4 Å². The zero-order valence-corrected chi connectivity index (χ0v) is 22.2. The molecule has 5 rings (SSSR count). The van der Waals surface area contributed by atoms with Crippen LogP contribution < -0.4 is 10.2 Å². The number of aryl methyl sites for hydroxylation is 1. The maximum atomic E-state index is 14.0. The third-order valence-corrected chi connectivity index (χ3v) is 7.84. The lowest BCUT2D eigenvalue weighted by Gasteiger charge is -2.35. The highest BCUT2D eigenvalue weighted by molar-refractivity contribution is 6.31. The Labute approximate surface area is 224 Å². The zero-order valence-electron chi connectivity index (χ0n) is 21.5. The molecule has 2 aliphatic rings. The van der Waals surface area contributed by atoms with Crippen molar-refractivity contribution in [3.8, 4) is 0 Å². The van der Waals surface area contributed by atoms with Crippen molar-refractivity contribution < 1.29 is 9.59 Å². The quantitative estimate of drug-likeness (QED) is 0.339. The fourth-order valence-corrected chi connectivity index (χ4v) is 5.82. The Kier molecular flexibility index (Phi) is 7.48. The predicted octanol–water partition coefficient (Wildman–Crippen LogP) is 8.13. The molecule has 3 aromatic carbocycles. The molecule has 1 aliphatic heterocycles. The molecule has 0 bridgehead atoms. The molecule has 3 aromatic rings. The van der Waals surface area contributed by atoms with Gasteiger partial charge in [-0.3, -0.25) is 14.5 Å². The van der Waals surface area contributed by atoms with Gasteiger partial charge in [0.05, 0.1) is 17.4 Å². The Balaban J connectivity index is 1.67. The number of allylic oxidation sites excluding steroid dienone is 1. The van der Waals surface area contributed by atoms with Crippen molar-refractivity contribution in [2.45, 2.75) is 64.3 Å². The number of nitrogens with one attached hydrogen (secondary N) is 1. The third kappa shape index (κ3) is 5.08. The molecule has 0 unspecified atom stereocenters. The second kappa shape index (κ2) is 10.9. The van der Waals surface area contributed by atoms with Crippen LogP contribution in [-0.4, -0.2) is 11.7 Å². The molecule has 1 heterocycles. The predicted molar refractivity (Wildman–Crippen MR) is 151 cm³/mol. The van der Waals surface area contributed by atoms with Crippen LogP contribution >= 0.6 is 11.6 Å². The van der Waals surface area contributed by atoms with E-state index in [9.17, 15) is 9.59 Å². The van der Waals surface area contributed by atoms with Gasteiger partial charge in [0.2, 0.25) is 5.91 Å². The molecule has 5 heteroatoms. The second-order valence-electron chi connectivity index (χ2n) is 10.1. The fraction of sp³-hybridized carbons (Fsp3) is 0.312. The van der Waals surface area contributed by atoms with E-state index in [2.05, 4.69) is 43.4 Å². The number of Topliss-reactive ketones (excluding diaryl/α,β-unsaturated/α-hetero) is 1. The van der Waals surface area contributed by atoms with Crippen molar-refractivity contribution in [2.75, 3.05) is 10.2 Å². The van der Waals surface area contributed by atoms with Gasteiger partial charge in [-0.2, -0.15) is 0 Å². The van der Waals surface area contributed by atoms with Crippen LogP contribution in [0.1, 0.15) is 74.1 Å². The third-order valence-electron chi connectivity index (χ3n) is 7.50. The molecule has 1 N–H and O–H groups in total. The van der Waals surface area contributed by atoms with Gasteiger partial charge in [-0.1, -0.05) is 91.5 Å². The maximum Gasteiger partial charge on any atom is 0.227 e. The first kappa shape index (κ1) is 25.3. The molecule has 0 fully saturated rings. The van der Waals surface area contributed by atoms with E-state index in [1.54, 1.807) is 0 Å². The fourth-order valence-electron chi connectivity index (χ4n) is 5.58. The first-order chi connectivity index (χ1) is 18.0. The Bertz CT molecular complexity index is 1340. The highest BCUT2D eigenvalue weighted by atomic mass is 35.5. The van der Waals surface area contributed by atoms with Gasteiger partial charge < -0.3 is 5.32 Å². The lowest BCUT2D eigenvalue weighted by Crippen LogP contribution is -2.38. The van der Waals surface area contributed by atoms with Gasteiger partial charge in [-0.15, -0.1) is 0 Å². The average molecular weight is 513 g/mol. The Morgan fingerprint density at radius 2 is 1.70 bits per heavy atom. The second-order valence-corrected chi connectivity index (χ2v) is 10.5. The number of carbonyl (C=O) groups is 2. The van der Waals surface area contributed by atoms with Gasteiger partial charge in [0.15, 0.2) is 5.78 Å². The van der Waals surface area contributed by atoms with Crippen LogP contribution in [0.3, 0.4) is 0 Å². The van der Waals surface area contributed by atoms with Crippen molar-refractivity contribution in [1.29, 1.82) is 0 Å². The number of unbranched alkanes of at least 4 members (excludes halogenated alkanes) is 2. The molecule has 2 atom stereocenters. The number of anilines is 2. The molecule has 1 aliphatic carbocycles. The summed E-state index contributed by atoms with van der Waals surface area (Å²) in [6, 6.07) is 23.3. The standard InChI is InChI=1S/C32H33ClN2O2/c1-3-4-5-14-30(37)35-28-13-9-8-12-26(28)34-27-19-23(22-17-15-21(2)16-18-22)20-29(36)31(27)32(35)24-10-6-7-11-25(24)33/h6-13,15-18,23,32,34H,3-5,14,19-20H2,1-2H3/t23-,32-/m1/s1. The van der Waals surface area contributed by atoms with Crippen molar-refractivity contribution in [3.05, 3.63) is 106 Å². The van der Waals surface area contributed by atoms with Gasteiger partial charge >= 0.3 is 0 Å². The number of benzene rings is 3. The van der Waals surface area contributed by atoms with E-state index in [0.29, 0.717) is 29.9 Å². The zero-order chi connectivity index (χ0) is 25.9.